The lowest BCUT2D eigenvalue weighted by Gasteiger charge is -2.34. The average molecular weight is 500 g/mol. The molecule has 0 radical (unpaired) electrons. The van der Waals surface area contributed by atoms with Crippen molar-refractivity contribution in [2.45, 2.75) is 12.8 Å². The lowest BCUT2D eigenvalue weighted by atomic mass is 10.1. The molecule has 0 aliphatic carbocycles. The highest BCUT2D eigenvalue weighted by molar-refractivity contribution is 6.30. The summed E-state index contributed by atoms with van der Waals surface area (Å²) in [6, 6.07) is 26.7. The molecular formula is C29H26ClN3O3. The van der Waals surface area contributed by atoms with Gasteiger partial charge < -0.3 is 14.2 Å². The number of carbonyl (C=O) groups is 2. The van der Waals surface area contributed by atoms with E-state index in [0.717, 1.165) is 16.8 Å². The van der Waals surface area contributed by atoms with Crippen LogP contribution in [0.5, 0.6) is 0 Å². The molecule has 1 fully saturated rings. The molecule has 0 bridgehead atoms. The van der Waals surface area contributed by atoms with Crippen LogP contribution in [0.3, 0.4) is 0 Å². The number of piperazine rings is 1. The van der Waals surface area contributed by atoms with E-state index in [2.05, 4.69) is 0 Å². The number of aromatic nitrogens is 1. The summed E-state index contributed by atoms with van der Waals surface area (Å²) in [5, 5.41) is 0.597. The maximum Gasteiger partial charge on any atom is 0.253 e. The smallest absolute Gasteiger partial charge is 0.253 e. The topological polar surface area (TPSA) is 66.7 Å². The van der Waals surface area contributed by atoms with Crippen LogP contribution < -0.4 is 0 Å². The minimum atomic E-state index is -0.0413. The van der Waals surface area contributed by atoms with Crippen LogP contribution in [0.2, 0.25) is 5.02 Å². The minimum absolute atomic E-state index is 0.0364. The molecule has 7 heteroatoms. The molecule has 0 atom stereocenters. The first kappa shape index (κ1) is 23.8. The molecular weight excluding hydrogens is 474 g/mol. The molecule has 36 heavy (non-hydrogen) atoms. The van der Waals surface area contributed by atoms with Crippen LogP contribution in [-0.4, -0.2) is 52.8 Å². The number of amides is 2. The van der Waals surface area contributed by atoms with E-state index in [1.807, 2.05) is 65.6 Å². The van der Waals surface area contributed by atoms with Crippen molar-refractivity contribution < 1.29 is 14.0 Å². The van der Waals surface area contributed by atoms with Gasteiger partial charge in [0, 0.05) is 60.7 Å². The van der Waals surface area contributed by atoms with E-state index >= 15 is 0 Å². The van der Waals surface area contributed by atoms with Gasteiger partial charge in [-0.05, 0) is 24.3 Å². The van der Waals surface area contributed by atoms with E-state index in [9.17, 15) is 9.59 Å². The van der Waals surface area contributed by atoms with E-state index in [4.69, 9.17) is 21.0 Å². The largest absolute Gasteiger partial charge is 0.440 e. The third kappa shape index (κ3) is 5.34. The van der Waals surface area contributed by atoms with Crippen molar-refractivity contribution in [3.8, 4) is 22.6 Å². The van der Waals surface area contributed by atoms with Crippen molar-refractivity contribution in [3.63, 3.8) is 0 Å². The zero-order chi connectivity index (χ0) is 24.9. The number of hydrogen-bond acceptors (Lipinski definition) is 4. The maximum atomic E-state index is 12.9. The predicted octanol–water partition coefficient (Wildman–Crippen LogP) is 5.58. The first-order valence-electron chi connectivity index (χ1n) is 12.0. The van der Waals surface area contributed by atoms with E-state index < -0.39 is 0 Å². The summed E-state index contributed by atoms with van der Waals surface area (Å²) >= 11 is 5.92. The van der Waals surface area contributed by atoms with E-state index in [0.29, 0.717) is 61.3 Å². The number of nitrogens with zero attached hydrogens (tertiary/aromatic N) is 3. The molecule has 1 aliphatic heterocycles. The Morgan fingerprint density at radius 1 is 0.778 bits per heavy atom. The Bertz CT molecular complexity index is 1270. The first-order chi connectivity index (χ1) is 17.6. The van der Waals surface area contributed by atoms with Crippen LogP contribution in [0.25, 0.3) is 22.6 Å². The Kier molecular flexibility index (Phi) is 7.14. The number of halogens is 1. The van der Waals surface area contributed by atoms with Crippen molar-refractivity contribution >= 4 is 23.4 Å². The fourth-order valence-corrected chi connectivity index (χ4v) is 4.48. The Balaban J connectivity index is 1.22. The second-order valence-corrected chi connectivity index (χ2v) is 9.13. The summed E-state index contributed by atoms with van der Waals surface area (Å²) in [5.74, 6) is 1.24. The highest BCUT2D eigenvalue weighted by atomic mass is 35.5. The van der Waals surface area contributed by atoms with Crippen LogP contribution in [0.4, 0.5) is 0 Å². The second kappa shape index (κ2) is 10.8. The van der Waals surface area contributed by atoms with Gasteiger partial charge in [-0.15, -0.1) is 0 Å². The van der Waals surface area contributed by atoms with E-state index in [-0.39, 0.29) is 11.8 Å². The Morgan fingerprint density at radius 2 is 1.36 bits per heavy atom. The van der Waals surface area contributed by atoms with Crippen LogP contribution in [-0.2, 0) is 11.2 Å². The Labute approximate surface area is 215 Å². The third-order valence-electron chi connectivity index (χ3n) is 6.32. The quantitative estimate of drug-likeness (QED) is 0.347. The molecule has 6 nitrogen and oxygen atoms in total. The highest BCUT2D eigenvalue weighted by Gasteiger charge is 2.25. The molecule has 3 aromatic carbocycles. The summed E-state index contributed by atoms with van der Waals surface area (Å²) in [6.07, 6.45) is 0.712. The minimum Gasteiger partial charge on any atom is -0.440 e. The number of rotatable bonds is 6. The summed E-state index contributed by atoms with van der Waals surface area (Å²) in [5.41, 5.74) is 3.30. The summed E-state index contributed by atoms with van der Waals surface area (Å²) in [6.45, 7) is 2.02. The lowest BCUT2D eigenvalue weighted by Crippen LogP contribution is -2.50. The van der Waals surface area contributed by atoms with Gasteiger partial charge in [-0.3, -0.25) is 9.59 Å². The summed E-state index contributed by atoms with van der Waals surface area (Å²) in [4.78, 5) is 34.0. The number of oxazole rings is 1. The number of aryl methyl sites for hydroxylation is 1. The van der Waals surface area contributed by atoms with Crippen LogP contribution in [0.1, 0.15) is 22.7 Å². The molecule has 0 spiro atoms. The van der Waals surface area contributed by atoms with Crippen molar-refractivity contribution in [1.29, 1.82) is 0 Å². The lowest BCUT2D eigenvalue weighted by molar-refractivity contribution is -0.132. The average Bonchev–Trinajstić information content (AvgIpc) is 3.37. The third-order valence-corrected chi connectivity index (χ3v) is 6.57. The van der Waals surface area contributed by atoms with Gasteiger partial charge in [-0.2, -0.15) is 0 Å². The molecule has 5 rings (SSSR count). The molecule has 0 saturated carbocycles. The zero-order valence-corrected chi connectivity index (χ0v) is 20.5. The second-order valence-electron chi connectivity index (χ2n) is 8.70. The molecule has 182 valence electrons. The van der Waals surface area contributed by atoms with Crippen molar-refractivity contribution in [1.82, 2.24) is 14.8 Å². The molecule has 4 aromatic rings. The zero-order valence-electron chi connectivity index (χ0n) is 19.8. The fourth-order valence-electron chi connectivity index (χ4n) is 4.35. The summed E-state index contributed by atoms with van der Waals surface area (Å²) in [7, 11) is 0. The molecule has 2 heterocycles. The van der Waals surface area contributed by atoms with Crippen LogP contribution >= 0.6 is 11.6 Å². The van der Waals surface area contributed by atoms with Gasteiger partial charge >= 0.3 is 0 Å². The normalized spacial score (nSPS) is 13.6. The number of hydrogen-bond donors (Lipinski definition) is 0. The Hall–Kier alpha value is -3.90. The summed E-state index contributed by atoms with van der Waals surface area (Å²) < 4.78 is 6.15. The SMILES string of the molecule is O=C(CCc1nc(-c2ccccc2)c(-c2ccccc2)o1)N1CCN(C(=O)c2ccc(Cl)cc2)CC1. The van der Waals surface area contributed by atoms with Crippen molar-refractivity contribution in [2.75, 3.05) is 26.2 Å². The monoisotopic (exact) mass is 499 g/mol. The standard InChI is InChI=1S/C29H26ClN3O3/c30-24-13-11-23(12-14-24)29(35)33-19-17-32(18-20-33)26(34)16-15-25-31-27(21-7-3-1-4-8-21)28(36-25)22-9-5-2-6-10-22/h1-14H,15-20H2. The molecule has 2 amide bonds. The van der Waals surface area contributed by atoms with Gasteiger partial charge in [-0.25, -0.2) is 4.98 Å². The van der Waals surface area contributed by atoms with Gasteiger partial charge in [0.05, 0.1) is 0 Å². The van der Waals surface area contributed by atoms with Crippen LogP contribution in [0, 0.1) is 0 Å². The van der Waals surface area contributed by atoms with Gasteiger partial charge in [0.15, 0.2) is 11.7 Å². The molecule has 0 unspecified atom stereocenters. The van der Waals surface area contributed by atoms with Crippen LogP contribution in [0.15, 0.2) is 89.3 Å². The van der Waals surface area contributed by atoms with Gasteiger partial charge in [-0.1, -0.05) is 72.3 Å². The highest BCUT2D eigenvalue weighted by Crippen LogP contribution is 2.33. The Morgan fingerprint density at radius 3 is 2.00 bits per heavy atom. The number of carbonyl (C=O) groups excluding carboxylic acids is 2. The van der Waals surface area contributed by atoms with Gasteiger partial charge in [0.25, 0.3) is 5.91 Å². The molecule has 1 aliphatic rings. The fraction of sp³-hybridized carbons (Fsp3) is 0.207. The molecule has 1 aromatic heterocycles. The maximum absolute atomic E-state index is 12.9. The van der Waals surface area contributed by atoms with Crippen molar-refractivity contribution in [3.05, 3.63) is 101 Å². The molecule has 0 N–H and O–H groups in total. The van der Waals surface area contributed by atoms with E-state index in [1.54, 1.807) is 29.2 Å². The van der Waals surface area contributed by atoms with E-state index in [1.165, 1.54) is 0 Å². The van der Waals surface area contributed by atoms with Gasteiger partial charge in [0.1, 0.15) is 5.69 Å². The molecule has 1 saturated heterocycles. The van der Waals surface area contributed by atoms with Crippen molar-refractivity contribution in [2.24, 2.45) is 0 Å². The first-order valence-corrected chi connectivity index (χ1v) is 12.4. The van der Waals surface area contributed by atoms with Gasteiger partial charge in [0.2, 0.25) is 5.91 Å². The predicted molar refractivity (Wildman–Crippen MR) is 140 cm³/mol. The number of benzene rings is 3.